The maximum atomic E-state index is 9.24. The van der Waals surface area contributed by atoms with Crippen LogP contribution in [-0.4, -0.2) is 18.3 Å². The third-order valence-electron chi connectivity index (χ3n) is 5.05. The third-order valence-corrected chi connectivity index (χ3v) is 5.05. The van der Waals surface area contributed by atoms with E-state index in [9.17, 15) is 5.11 Å². The van der Waals surface area contributed by atoms with Crippen molar-refractivity contribution in [3.8, 4) is 5.75 Å². The lowest BCUT2D eigenvalue weighted by Gasteiger charge is -2.42. The van der Waals surface area contributed by atoms with E-state index in [1.54, 1.807) is 0 Å². The molecule has 0 radical (unpaired) electrons. The first kappa shape index (κ1) is 17.1. The fourth-order valence-corrected chi connectivity index (χ4v) is 3.41. The van der Waals surface area contributed by atoms with E-state index in [1.165, 1.54) is 24.0 Å². The van der Waals surface area contributed by atoms with Gasteiger partial charge in [-0.05, 0) is 65.8 Å². The number of rotatable bonds is 5. The maximum Gasteiger partial charge on any atom is 0.127 e. The number of fused-ring (bicyclic) bond motifs is 1. The highest BCUT2D eigenvalue weighted by Gasteiger charge is 2.38. The van der Waals surface area contributed by atoms with Crippen LogP contribution in [0.2, 0.25) is 0 Å². The van der Waals surface area contributed by atoms with Gasteiger partial charge in [0.15, 0.2) is 0 Å². The summed E-state index contributed by atoms with van der Waals surface area (Å²) in [6.45, 7) is 16.2. The Morgan fingerprint density at radius 2 is 1.68 bits per heavy atom. The molecule has 2 heteroatoms. The number of hydrogen-bond acceptors (Lipinski definition) is 2. The molecule has 1 aromatic rings. The number of aliphatic hydroxyl groups excluding tert-OH is 1. The Bertz CT molecular complexity index is 567. The van der Waals surface area contributed by atoms with Crippen LogP contribution in [-0.2, 0) is 10.8 Å². The molecular weight excluding hydrogens is 272 g/mol. The van der Waals surface area contributed by atoms with Gasteiger partial charge in [-0.3, -0.25) is 0 Å². The molecule has 122 valence electrons. The molecule has 0 atom stereocenters. The second kappa shape index (κ2) is 6.08. The standard InChI is InChI=1S/C20H30O2/c1-7-22-18-13-17-16(12-15(18)14(2)8-11-21)19(3,4)9-10-20(17,5)6/h12-13,21H,2,7-11H2,1,3-6H3. The first-order valence-corrected chi connectivity index (χ1v) is 8.34. The largest absolute Gasteiger partial charge is 0.493 e. The maximum absolute atomic E-state index is 9.24. The number of aliphatic hydroxyl groups is 1. The van der Waals surface area contributed by atoms with Crippen molar-refractivity contribution in [2.45, 2.75) is 64.7 Å². The van der Waals surface area contributed by atoms with Gasteiger partial charge in [-0.15, -0.1) is 0 Å². The Morgan fingerprint density at radius 3 is 2.18 bits per heavy atom. The second-order valence-corrected chi connectivity index (χ2v) is 7.67. The molecule has 0 saturated heterocycles. The lowest BCUT2D eigenvalue weighted by atomic mass is 9.62. The molecule has 1 N–H and O–H groups in total. The van der Waals surface area contributed by atoms with Crippen LogP contribution in [0.15, 0.2) is 18.7 Å². The summed E-state index contributed by atoms with van der Waals surface area (Å²) in [6, 6.07) is 4.48. The summed E-state index contributed by atoms with van der Waals surface area (Å²) >= 11 is 0. The number of benzene rings is 1. The highest BCUT2D eigenvalue weighted by atomic mass is 16.5. The first-order chi connectivity index (χ1) is 10.2. The number of hydrogen-bond donors (Lipinski definition) is 1. The van der Waals surface area contributed by atoms with Gasteiger partial charge in [-0.1, -0.05) is 34.3 Å². The second-order valence-electron chi connectivity index (χ2n) is 7.67. The van der Waals surface area contributed by atoms with Gasteiger partial charge in [0, 0.05) is 12.2 Å². The minimum Gasteiger partial charge on any atom is -0.493 e. The summed E-state index contributed by atoms with van der Waals surface area (Å²) in [5.74, 6) is 0.908. The number of ether oxygens (including phenoxy) is 1. The monoisotopic (exact) mass is 302 g/mol. The summed E-state index contributed by atoms with van der Waals surface area (Å²) in [6.07, 6.45) is 2.96. The Labute approximate surface area is 135 Å². The molecule has 0 unspecified atom stereocenters. The Balaban J connectivity index is 2.64. The third kappa shape index (κ3) is 3.08. The summed E-state index contributed by atoms with van der Waals surface area (Å²) < 4.78 is 5.89. The van der Waals surface area contributed by atoms with E-state index >= 15 is 0 Å². The van der Waals surface area contributed by atoms with Crippen molar-refractivity contribution in [2.75, 3.05) is 13.2 Å². The molecule has 0 bridgehead atoms. The average Bonchev–Trinajstić information content (AvgIpc) is 2.44. The molecule has 1 aromatic carbocycles. The minimum absolute atomic E-state index is 0.121. The molecule has 1 aliphatic rings. The minimum atomic E-state index is 0.121. The van der Waals surface area contributed by atoms with E-state index < -0.39 is 0 Å². The van der Waals surface area contributed by atoms with Crippen LogP contribution in [0.3, 0.4) is 0 Å². The zero-order chi connectivity index (χ0) is 16.5. The molecular formula is C20H30O2. The molecule has 0 spiro atoms. The molecule has 0 saturated carbocycles. The quantitative estimate of drug-likeness (QED) is 0.844. The predicted molar refractivity (Wildman–Crippen MR) is 93.6 cm³/mol. The van der Waals surface area contributed by atoms with Gasteiger partial charge in [0.05, 0.1) is 6.61 Å². The summed E-state index contributed by atoms with van der Waals surface area (Å²) in [5.41, 5.74) is 5.15. The van der Waals surface area contributed by atoms with Crippen LogP contribution < -0.4 is 4.74 Å². The topological polar surface area (TPSA) is 29.5 Å². The van der Waals surface area contributed by atoms with Crippen molar-refractivity contribution < 1.29 is 9.84 Å². The van der Waals surface area contributed by atoms with E-state index in [4.69, 9.17) is 4.74 Å². The van der Waals surface area contributed by atoms with Crippen molar-refractivity contribution in [3.63, 3.8) is 0 Å². The van der Waals surface area contributed by atoms with Crippen molar-refractivity contribution >= 4 is 5.57 Å². The van der Waals surface area contributed by atoms with Gasteiger partial charge >= 0.3 is 0 Å². The van der Waals surface area contributed by atoms with Crippen molar-refractivity contribution in [1.82, 2.24) is 0 Å². The van der Waals surface area contributed by atoms with E-state index in [0.29, 0.717) is 13.0 Å². The zero-order valence-electron chi connectivity index (χ0n) is 14.8. The fourth-order valence-electron chi connectivity index (χ4n) is 3.41. The van der Waals surface area contributed by atoms with Crippen LogP contribution in [0.1, 0.15) is 70.6 Å². The summed E-state index contributed by atoms with van der Waals surface area (Å²) in [4.78, 5) is 0. The molecule has 1 aliphatic carbocycles. The molecule has 22 heavy (non-hydrogen) atoms. The summed E-state index contributed by atoms with van der Waals surface area (Å²) in [5, 5.41) is 9.24. The molecule has 0 heterocycles. The molecule has 2 nitrogen and oxygen atoms in total. The smallest absolute Gasteiger partial charge is 0.127 e. The zero-order valence-corrected chi connectivity index (χ0v) is 14.8. The predicted octanol–water partition coefficient (Wildman–Crippen LogP) is 4.83. The first-order valence-electron chi connectivity index (χ1n) is 8.34. The van der Waals surface area contributed by atoms with Gasteiger partial charge in [-0.2, -0.15) is 0 Å². The highest BCUT2D eigenvalue weighted by Crippen LogP contribution is 2.48. The molecule has 0 fully saturated rings. The highest BCUT2D eigenvalue weighted by molar-refractivity contribution is 5.71. The van der Waals surface area contributed by atoms with Gasteiger partial charge in [0.1, 0.15) is 5.75 Å². The Kier molecular flexibility index (Phi) is 4.72. The molecule has 2 rings (SSSR count). The van der Waals surface area contributed by atoms with Crippen LogP contribution >= 0.6 is 0 Å². The van der Waals surface area contributed by atoms with Crippen molar-refractivity contribution in [2.24, 2.45) is 0 Å². The molecule has 0 amide bonds. The van der Waals surface area contributed by atoms with E-state index in [1.807, 2.05) is 6.92 Å². The SMILES string of the molecule is C=C(CCO)c1cc2c(cc1OCC)C(C)(C)CCC2(C)C. The van der Waals surface area contributed by atoms with E-state index in [0.717, 1.165) is 16.9 Å². The normalized spacial score (nSPS) is 18.6. The van der Waals surface area contributed by atoms with Gasteiger partial charge in [0.2, 0.25) is 0 Å². The van der Waals surface area contributed by atoms with E-state index in [-0.39, 0.29) is 17.4 Å². The molecule has 0 aromatic heterocycles. The Morgan fingerprint density at radius 1 is 1.14 bits per heavy atom. The van der Waals surface area contributed by atoms with Crippen molar-refractivity contribution in [3.05, 3.63) is 35.4 Å². The average molecular weight is 302 g/mol. The van der Waals surface area contributed by atoms with Crippen LogP contribution in [0, 0.1) is 0 Å². The van der Waals surface area contributed by atoms with Gasteiger partial charge in [0.25, 0.3) is 0 Å². The van der Waals surface area contributed by atoms with Crippen LogP contribution in [0.5, 0.6) is 5.75 Å². The van der Waals surface area contributed by atoms with E-state index in [2.05, 4.69) is 46.4 Å². The summed E-state index contributed by atoms with van der Waals surface area (Å²) in [7, 11) is 0. The van der Waals surface area contributed by atoms with Gasteiger partial charge in [-0.25, -0.2) is 0 Å². The van der Waals surface area contributed by atoms with Crippen molar-refractivity contribution in [1.29, 1.82) is 0 Å². The molecule has 0 aliphatic heterocycles. The lowest BCUT2D eigenvalue weighted by Crippen LogP contribution is -2.34. The van der Waals surface area contributed by atoms with Crippen LogP contribution in [0.4, 0.5) is 0 Å². The van der Waals surface area contributed by atoms with Gasteiger partial charge < -0.3 is 9.84 Å². The Hall–Kier alpha value is -1.28. The van der Waals surface area contributed by atoms with Crippen LogP contribution in [0.25, 0.3) is 5.57 Å². The lowest BCUT2D eigenvalue weighted by molar-refractivity contribution is 0.304. The fraction of sp³-hybridized carbons (Fsp3) is 0.600.